The van der Waals surface area contributed by atoms with Gasteiger partial charge in [-0.2, -0.15) is 0 Å². The smallest absolute Gasteiger partial charge is 0.140 e. The Bertz CT molecular complexity index is 193. The SMILES string of the molecule is C=CCC(C=C)(CCCC)C(C)=O. The van der Waals surface area contributed by atoms with Gasteiger partial charge in [-0.3, -0.25) is 4.79 Å². The first kappa shape index (κ1) is 12.2. The molecule has 1 heteroatoms. The van der Waals surface area contributed by atoms with Gasteiger partial charge in [0.2, 0.25) is 0 Å². The second kappa shape index (κ2) is 5.74. The summed E-state index contributed by atoms with van der Waals surface area (Å²) in [7, 11) is 0. The van der Waals surface area contributed by atoms with Crippen LogP contribution in [0, 0.1) is 5.41 Å². The fourth-order valence-corrected chi connectivity index (χ4v) is 1.50. The minimum absolute atomic E-state index is 0.204. The molecule has 0 saturated carbocycles. The van der Waals surface area contributed by atoms with Gasteiger partial charge < -0.3 is 0 Å². The Hall–Kier alpha value is -0.850. The molecular formula is C12H20O. The molecule has 0 rings (SSSR count). The third-order valence-electron chi connectivity index (χ3n) is 2.58. The Morgan fingerprint density at radius 2 is 2.08 bits per heavy atom. The van der Waals surface area contributed by atoms with Crippen molar-refractivity contribution in [1.82, 2.24) is 0 Å². The molecule has 0 saturated heterocycles. The fraction of sp³-hybridized carbons (Fsp3) is 0.583. The molecule has 74 valence electrons. The summed E-state index contributed by atoms with van der Waals surface area (Å²) in [4.78, 5) is 11.5. The number of carbonyl (C=O) groups excluding carboxylic acids is 1. The molecule has 0 radical (unpaired) electrons. The average molecular weight is 180 g/mol. The topological polar surface area (TPSA) is 17.1 Å². The second-order valence-electron chi connectivity index (χ2n) is 3.51. The summed E-state index contributed by atoms with van der Waals surface area (Å²) >= 11 is 0. The summed E-state index contributed by atoms with van der Waals surface area (Å²) in [5.41, 5.74) is -0.349. The van der Waals surface area contributed by atoms with Crippen LogP contribution < -0.4 is 0 Å². The first-order chi connectivity index (χ1) is 6.13. The summed E-state index contributed by atoms with van der Waals surface area (Å²) < 4.78 is 0. The van der Waals surface area contributed by atoms with Crippen molar-refractivity contribution in [2.45, 2.75) is 39.5 Å². The van der Waals surface area contributed by atoms with Gasteiger partial charge in [0, 0.05) is 5.41 Å². The van der Waals surface area contributed by atoms with Gasteiger partial charge >= 0.3 is 0 Å². The number of unbranched alkanes of at least 4 members (excludes halogenated alkanes) is 1. The number of hydrogen-bond donors (Lipinski definition) is 0. The zero-order chi connectivity index (χ0) is 10.3. The Morgan fingerprint density at radius 1 is 1.46 bits per heavy atom. The Kier molecular flexibility index (Phi) is 5.36. The van der Waals surface area contributed by atoms with E-state index in [1.807, 2.05) is 0 Å². The van der Waals surface area contributed by atoms with Gasteiger partial charge in [-0.15, -0.1) is 13.2 Å². The van der Waals surface area contributed by atoms with Gasteiger partial charge in [0.1, 0.15) is 5.78 Å². The van der Waals surface area contributed by atoms with Gasteiger partial charge in [0.25, 0.3) is 0 Å². The molecular weight excluding hydrogens is 160 g/mol. The molecule has 13 heavy (non-hydrogen) atoms. The van der Waals surface area contributed by atoms with Gasteiger partial charge in [0.05, 0.1) is 0 Å². The predicted molar refractivity (Wildman–Crippen MR) is 57.7 cm³/mol. The van der Waals surface area contributed by atoms with Crippen LogP contribution in [0.1, 0.15) is 39.5 Å². The predicted octanol–water partition coefficient (Wildman–Crippen LogP) is 3.51. The monoisotopic (exact) mass is 180 g/mol. The molecule has 1 nitrogen and oxygen atoms in total. The van der Waals surface area contributed by atoms with E-state index in [0.717, 1.165) is 19.3 Å². The van der Waals surface area contributed by atoms with Crippen LogP contribution in [-0.4, -0.2) is 5.78 Å². The Balaban J connectivity index is 4.53. The van der Waals surface area contributed by atoms with Gasteiger partial charge in [-0.05, 0) is 19.8 Å². The Morgan fingerprint density at radius 3 is 2.38 bits per heavy atom. The molecule has 0 bridgehead atoms. The number of rotatable bonds is 7. The highest BCUT2D eigenvalue weighted by Crippen LogP contribution is 2.31. The molecule has 1 atom stereocenters. The van der Waals surface area contributed by atoms with E-state index in [4.69, 9.17) is 0 Å². The van der Waals surface area contributed by atoms with Crippen LogP contribution in [-0.2, 0) is 4.79 Å². The standard InChI is InChI=1S/C12H20O/c1-5-8-10-12(7-3,9-6-2)11(4)13/h6-7H,2-3,5,8-10H2,1,4H3. The van der Waals surface area contributed by atoms with E-state index in [1.54, 1.807) is 19.1 Å². The van der Waals surface area contributed by atoms with Crippen LogP contribution in [0.5, 0.6) is 0 Å². The van der Waals surface area contributed by atoms with Crippen molar-refractivity contribution in [3.63, 3.8) is 0 Å². The van der Waals surface area contributed by atoms with Crippen molar-refractivity contribution in [3.05, 3.63) is 25.3 Å². The van der Waals surface area contributed by atoms with Gasteiger partial charge in [-0.1, -0.05) is 31.9 Å². The lowest BCUT2D eigenvalue weighted by Gasteiger charge is -2.26. The van der Waals surface area contributed by atoms with E-state index in [9.17, 15) is 4.79 Å². The van der Waals surface area contributed by atoms with Gasteiger partial charge in [0.15, 0.2) is 0 Å². The fourth-order valence-electron chi connectivity index (χ4n) is 1.50. The minimum atomic E-state index is -0.349. The number of carbonyl (C=O) groups is 1. The molecule has 0 aromatic rings. The first-order valence-electron chi connectivity index (χ1n) is 4.88. The number of ketones is 1. The van der Waals surface area contributed by atoms with Crippen molar-refractivity contribution in [1.29, 1.82) is 0 Å². The van der Waals surface area contributed by atoms with Crippen LogP contribution in [0.4, 0.5) is 0 Å². The third kappa shape index (κ3) is 3.17. The summed E-state index contributed by atoms with van der Waals surface area (Å²) in [5.74, 6) is 0.204. The maximum atomic E-state index is 11.5. The van der Waals surface area contributed by atoms with Crippen molar-refractivity contribution in [2.24, 2.45) is 5.41 Å². The second-order valence-corrected chi connectivity index (χ2v) is 3.51. The highest BCUT2D eigenvalue weighted by atomic mass is 16.1. The van der Waals surface area contributed by atoms with Crippen molar-refractivity contribution < 1.29 is 4.79 Å². The minimum Gasteiger partial charge on any atom is -0.299 e. The van der Waals surface area contributed by atoms with Crippen molar-refractivity contribution in [3.8, 4) is 0 Å². The van der Waals surface area contributed by atoms with Crippen molar-refractivity contribution >= 4 is 5.78 Å². The van der Waals surface area contributed by atoms with Gasteiger partial charge in [-0.25, -0.2) is 0 Å². The maximum absolute atomic E-state index is 11.5. The van der Waals surface area contributed by atoms with E-state index in [-0.39, 0.29) is 11.2 Å². The number of Topliss-reactive ketones (excluding diaryl/α,β-unsaturated/α-hetero) is 1. The number of allylic oxidation sites excluding steroid dienone is 2. The van der Waals surface area contributed by atoms with E-state index < -0.39 is 0 Å². The van der Waals surface area contributed by atoms with Crippen LogP contribution in [0.3, 0.4) is 0 Å². The molecule has 0 N–H and O–H groups in total. The summed E-state index contributed by atoms with van der Waals surface area (Å²) in [6.45, 7) is 11.2. The highest BCUT2D eigenvalue weighted by molar-refractivity contribution is 5.84. The van der Waals surface area contributed by atoms with Crippen molar-refractivity contribution in [2.75, 3.05) is 0 Å². The summed E-state index contributed by atoms with van der Waals surface area (Å²) in [6, 6.07) is 0. The normalized spacial score (nSPS) is 14.6. The zero-order valence-corrected chi connectivity index (χ0v) is 8.81. The molecule has 0 aliphatic rings. The lowest BCUT2D eigenvalue weighted by Crippen LogP contribution is -2.26. The maximum Gasteiger partial charge on any atom is 0.140 e. The molecule has 0 aliphatic carbocycles. The van der Waals surface area contributed by atoms with E-state index in [0.29, 0.717) is 6.42 Å². The lowest BCUT2D eigenvalue weighted by molar-refractivity contribution is -0.124. The van der Waals surface area contributed by atoms with Crippen LogP contribution >= 0.6 is 0 Å². The van der Waals surface area contributed by atoms with Crippen LogP contribution in [0.2, 0.25) is 0 Å². The molecule has 0 amide bonds. The molecule has 0 heterocycles. The summed E-state index contributed by atoms with van der Waals surface area (Å²) in [6.07, 6.45) is 7.38. The van der Waals surface area contributed by atoms with E-state index >= 15 is 0 Å². The van der Waals surface area contributed by atoms with E-state index in [1.165, 1.54) is 0 Å². The third-order valence-corrected chi connectivity index (χ3v) is 2.58. The molecule has 0 aliphatic heterocycles. The average Bonchev–Trinajstić information content (AvgIpc) is 2.12. The first-order valence-corrected chi connectivity index (χ1v) is 4.88. The molecule has 1 unspecified atom stereocenters. The lowest BCUT2D eigenvalue weighted by atomic mass is 9.76. The van der Waals surface area contributed by atoms with Crippen LogP contribution in [0.25, 0.3) is 0 Å². The molecule has 0 spiro atoms. The number of hydrogen-bond acceptors (Lipinski definition) is 1. The quantitative estimate of drug-likeness (QED) is 0.548. The molecule has 0 aromatic carbocycles. The Labute approximate surface area is 81.5 Å². The zero-order valence-electron chi connectivity index (χ0n) is 8.81. The molecule has 0 fully saturated rings. The highest BCUT2D eigenvalue weighted by Gasteiger charge is 2.29. The van der Waals surface area contributed by atoms with Crippen LogP contribution in [0.15, 0.2) is 25.3 Å². The molecule has 0 aromatic heterocycles. The van der Waals surface area contributed by atoms with E-state index in [2.05, 4.69) is 20.1 Å². The largest absolute Gasteiger partial charge is 0.299 e. The summed E-state index contributed by atoms with van der Waals surface area (Å²) in [5, 5.41) is 0.